The van der Waals surface area contributed by atoms with E-state index in [-0.39, 0.29) is 15.8 Å². The molecule has 0 fully saturated rings. The molecule has 1 N–H and O–H groups in total. The number of sulfone groups is 1. The van der Waals surface area contributed by atoms with E-state index in [0.29, 0.717) is 5.56 Å². The second-order valence-corrected chi connectivity index (χ2v) is 6.77. The van der Waals surface area contributed by atoms with Gasteiger partial charge in [-0.05, 0) is 29.8 Å². The molecule has 0 aliphatic rings. The lowest BCUT2D eigenvalue weighted by Crippen LogP contribution is -2.10. The number of halogens is 1. The third-order valence-corrected chi connectivity index (χ3v) is 5.42. The van der Waals surface area contributed by atoms with Gasteiger partial charge in [-0.25, -0.2) is 8.42 Å². The highest BCUT2D eigenvalue weighted by molar-refractivity contribution is 7.92. The van der Waals surface area contributed by atoms with Gasteiger partial charge in [-0.15, -0.1) is 0 Å². The maximum atomic E-state index is 12.3. The highest BCUT2D eigenvalue weighted by Gasteiger charge is 2.26. The van der Waals surface area contributed by atoms with Crippen LogP contribution in [0.25, 0.3) is 0 Å². The van der Waals surface area contributed by atoms with Crippen LogP contribution >= 0.6 is 11.6 Å². The molecule has 0 heterocycles. The molecule has 5 nitrogen and oxygen atoms in total. The Hall–Kier alpha value is -1.60. The second kappa shape index (κ2) is 5.80. The van der Waals surface area contributed by atoms with Crippen LogP contribution in [0, 0.1) is 5.21 Å². The monoisotopic (exact) mass is 312 g/mol. The third-order valence-electron chi connectivity index (χ3n) is 2.72. The average molecular weight is 313 g/mol. The van der Waals surface area contributed by atoms with E-state index in [1.807, 2.05) is 0 Å². The Morgan fingerprint density at radius 1 is 1.05 bits per heavy atom. The van der Waals surface area contributed by atoms with Crippen molar-refractivity contribution in [2.24, 2.45) is 0 Å². The van der Waals surface area contributed by atoms with Gasteiger partial charge in [-0.2, -0.15) is 0 Å². The molecular formula is C13H11ClNO4S-. The summed E-state index contributed by atoms with van der Waals surface area (Å²) < 4.78 is 23.3. The molecule has 2 rings (SSSR count). The van der Waals surface area contributed by atoms with Crippen molar-refractivity contribution in [1.82, 2.24) is 0 Å². The fourth-order valence-corrected chi connectivity index (χ4v) is 3.41. The lowest BCUT2D eigenvalue weighted by Gasteiger charge is -2.22. The number of rotatable bonds is 4. The van der Waals surface area contributed by atoms with Crippen LogP contribution in [0.3, 0.4) is 0 Å². The second-order valence-electron chi connectivity index (χ2n) is 4.04. The zero-order valence-corrected chi connectivity index (χ0v) is 11.8. The van der Waals surface area contributed by atoms with Crippen molar-refractivity contribution in [3.05, 3.63) is 65.4 Å². The predicted octanol–water partition coefficient (Wildman–Crippen LogP) is 3.09. The molecule has 2 aromatic rings. The molecule has 0 saturated carbocycles. The molecule has 0 aliphatic heterocycles. The van der Waals surface area contributed by atoms with Crippen molar-refractivity contribution in [3.63, 3.8) is 0 Å². The van der Waals surface area contributed by atoms with Crippen LogP contribution in [0.4, 0.5) is 5.69 Å². The van der Waals surface area contributed by atoms with Crippen molar-refractivity contribution >= 4 is 27.1 Å². The van der Waals surface area contributed by atoms with E-state index in [2.05, 4.69) is 0 Å². The van der Waals surface area contributed by atoms with Crippen molar-refractivity contribution in [3.8, 4) is 0 Å². The van der Waals surface area contributed by atoms with Gasteiger partial charge in [-0.3, -0.25) is 5.21 Å². The molecule has 2 aromatic carbocycles. The van der Waals surface area contributed by atoms with E-state index in [4.69, 9.17) is 16.8 Å². The van der Waals surface area contributed by atoms with Gasteiger partial charge in [0.15, 0.2) is 14.5 Å². The van der Waals surface area contributed by atoms with Crippen LogP contribution in [-0.2, 0) is 9.84 Å². The lowest BCUT2D eigenvalue weighted by atomic mass is 10.2. The maximum Gasteiger partial charge on any atom is 0.199 e. The topological polar surface area (TPSA) is 80.7 Å². The summed E-state index contributed by atoms with van der Waals surface area (Å²) in [4.78, 5) is 0.122. The molecule has 20 heavy (non-hydrogen) atoms. The van der Waals surface area contributed by atoms with Gasteiger partial charge in [0.2, 0.25) is 0 Å². The van der Waals surface area contributed by atoms with Crippen molar-refractivity contribution in [2.45, 2.75) is 9.60 Å². The highest BCUT2D eigenvalue weighted by Crippen LogP contribution is 2.33. The first-order valence-corrected chi connectivity index (χ1v) is 7.60. The quantitative estimate of drug-likeness (QED) is 0.693. The van der Waals surface area contributed by atoms with Gasteiger partial charge in [0, 0.05) is 0 Å². The van der Waals surface area contributed by atoms with Crippen LogP contribution in [-0.4, -0.2) is 13.6 Å². The minimum absolute atomic E-state index is 0.00488. The molecule has 0 saturated heterocycles. The molecule has 0 bridgehead atoms. The standard InChI is InChI=1S/C13H11ClNO4S/c14-13(10-6-8-11(9-7-10)15(16)17)20(18,19)12-4-2-1-3-5-12/h1-9,13,16H/q-1. The summed E-state index contributed by atoms with van der Waals surface area (Å²) in [5, 5.41) is 19.1. The number of alkyl halides is 1. The Labute approximate surface area is 121 Å². The largest absolute Gasteiger partial charge is 0.733 e. The van der Waals surface area contributed by atoms with Crippen LogP contribution in [0.1, 0.15) is 10.3 Å². The number of hydrogen-bond acceptors (Lipinski definition) is 5. The minimum Gasteiger partial charge on any atom is -0.733 e. The molecular weight excluding hydrogens is 302 g/mol. The Kier molecular flexibility index (Phi) is 4.29. The highest BCUT2D eigenvalue weighted by atomic mass is 35.5. The summed E-state index contributed by atoms with van der Waals surface area (Å²) >= 11 is 6.02. The summed E-state index contributed by atoms with van der Waals surface area (Å²) in [5.41, 5.74) is 0.316. The maximum absolute atomic E-state index is 12.3. The van der Waals surface area contributed by atoms with Crippen molar-refractivity contribution in [2.75, 3.05) is 5.23 Å². The minimum atomic E-state index is -3.71. The molecule has 0 amide bonds. The van der Waals surface area contributed by atoms with Crippen LogP contribution in [0.2, 0.25) is 0 Å². The van der Waals surface area contributed by atoms with Gasteiger partial charge < -0.3 is 10.4 Å². The molecule has 1 unspecified atom stereocenters. The summed E-state index contributed by atoms with van der Waals surface area (Å²) in [6.07, 6.45) is 0. The number of anilines is 1. The fourth-order valence-electron chi connectivity index (χ4n) is 1.66. The normalized spacial score (nSPS) is 12.9. The summed E-state index contributed by atoms with van der Waals surface area (Å²) in [6, 6.07) is 13.2. The van der Waals surface area contributed by atoms with Gasteiger partial charge in [0.1, 0.15) is 0 Å². The van der Waals surface area contributed by atoms with E-state index in [1.54, 1.807) is 18.2 Å². The number of nitrogens with zero attached hydrogens (tertiary/aromatic N) is 1. The average Bonchev–Trinajstić information content (AvgIpc) is 2.47. The first-order valence-electron chi connectivity index (χ1n) is 5.62. The van der Waals surface area contributed by atoms with Gasteiger partial charge in [0.25, 0.3) is 0 Å². The van der Waals surface area contributed by atoms with E-state index in [9.17, 15) is 13.6 Å². The SMILES string of the molecule is O=S(=O)(c1ccccc1)C(Cl)c1ccc(N([O-])O)cc1. The molecule has 1 atom stereocenters. The first-order chi connectivity index (χ1) is 9.43. The van der Waals surface area contributed by atoms with Crippen LogP contribution in [0.5, 0.6) is 0 Å². The lowest BCUT2D eigenvalue weighted by molar-refractivity contribution is 0.296. The van der Waals surface area contributed by atoms with E-state index < -0.39 is 14.5 Å². The third kappa shape index (κ3) is 2.94. The van der Waals surface area contributed by atoms with Gasteiger partial charge in [0.05, 0.1) is 10.6 Å². The van der Waals surface area contributed by atoms with Crippen molar-refractivity contribution < 1.29 is 13.6 Å². The van der Waals surface area contributed by atoms with Crippen LogP contribution in [0.15, 0.2) is 59.5 Å². The van der Waals surface area contributed by atoms with Crippen molar-refractivity contribution in [1.29, 1.82) is 0 Å². The molecule has 0 aromatic heterocycles. The van der Waals surface area contributed by atoms with Crippen LogP contribution < -0.4 is 5.23 Å². The number of hydrogen-bond donors (Lipinski definition) is 1. The van der Waals surface area contributed by atoms with E-state index in [0.717, 1.165) is 0 Å². The molecule has 0 spiro atoms. The van der Waals surface area contributed by atoms with Gasteiger partial charge >= 0.3 is 0 Å². The molecule has 7 heteroatoms. The molecule has 0 aliphatic carbocycles. The molecule has 106 valence electrons. The molecule has 0 radical (unpaired) electrons. The Bertz CT molecular complexity index is 671. The predicted molar refractivity (Wildman–Crippen MR) is 76.3 cm³/mol. The van der Waals surface area contributed by atoms with E-state index in [1.165, 1.54) is 36.4 Å². The summed E-state index contributed by atoms with van der Waals surface area (Å²) in [6.45, 7) is 0. The zero-order valence-electron chi connectivity index (χ0n) is 10.2. The zero-order chi connectivity index (χ0) is 14.8. The summed E-state index contributed by atoms with van der Waals surface area (Å²) in [5.74, 6) is 0. The first kappa shape index (κ1) is 14.8. The Balaban J connectivity index is 2.33. The Morgan fingerprint density at radius 2 is 1.60 bits per heavy atom. The fraction of sp³-hybridized carbons (Fsp3) is 0.0769. The van der Waals surface area contributed by atoms with E-state index >= 15 is 0 Å². The summed E-state index contributed by atoms with van der Waals surface area (Å²) in [7, 11) is -3.71. The smallest absolute Gasteiger partial charge is 0.199 e. The van der Waals surface area contributed by atoms with Gasteiger partial charge in [-0.1, -0.05) is 41.9 Å². The Morgan fingerprint density at radius 3 is 2.10 bits per heavy atom. The number of benzene rings is 2.